The Morgan fingerprint density at radius 3 is 2.62 bits per heavy atom. The number of aromatic nitrogens is 2. The lowest BCUT2D eigenvalue weighted by Gasteiger charge is -2.08. The molecule has 0 saturated carbocycles. The lowest BCUT2D eigenvalue weighted by Crippen LogP contribution is -2.19. The van der Waals surface area contributed by atoms with Crippen LogP contribution in [0.4, 0.5) is 0 Å². The van der Waals surface area contributed by atoms with Crippen molar-refractivity contribution in [1.29, 1.82) is 0 Å². The zero-order valence-corrected chi connectivity index (χ0v) is 13.8. The molecule has 0 aliphatic carbocycles. The second-order valence-corrected chi connectivity index (χ2v) is 6.64. The molecule has 2 aromatic rings. The first-order valence-corrected chi connectivity index (χ1v) is 8.33. The van der Waals surface area contributed by atoms with Gasteiger partial charge in [-0.1, -0.05) is 31.5 Å². The van der Waals surface area contributed by atoms with E-state index in [0.29, 0.717) is 5.92 Å². The van der Waals surface area contributed by atoms with E-state index in [1.807, 2.05) is 12.3 Å². The largest absolute Gasteiger partial charge is 0.311 e. The summed E-state index contributed by atoms with van der Waals surface area (Å²) in [6, 6.07) is 10.5. The van der Waals surface area contributed by atoms with Gasteiger partial charge in [0.15, 0.2) is 0 Å². The lowest BCUT2D eigenvalue weighted by atomic mass is 10.2. The number of aryl methyl sites for hydroxylation is 1. The van der Waals surface area contributed by atoms with Gasteiger partial charge >= 0.3 is 0 Å². The van der Waals surface area contributed by atoms with Crippen molar-refractivity contribution in [3.05, 3.63) is 53.6 Å². The SMILES string of the molecule is Cc1ccc(SCc2nccc(CNCC(C)C)n2)cc1. The highest BCUT2D eigenvalue weighted by Gasteiger charge is 2.02. The molecule has 1 aromatic carbocycles. The molecule has 0 aliphatic rings. The maximum absolute atomic E-state index is 4.61. The fourth-order valence-corrected chi connectivity index (χ4v) is 2.64. The molecule has 4 heteroatoms. The first-order valence-electron chi connectivity index (χ1n) is 7.34. The molecule has 0 atom stereocenters. The number of hydrogen-bond acceptors (Lipinski definition) is 4. The van der Waals surface area contributed by atoms with Crippen LogP contribution in [0.15, 0.2) is 41.4 Å². The van der Waals surface area contributed by atoms with Gasteiger partial charge in [-0.25, -0.2) is 9.97 Å². The van der Waals surface area contributed by atoms with E-state index in [1.165, 1.54) is 10.5 Å². The van der Waals surface area contributed by atoms with Gasteiger partial charge in [0.1, 0.15) is 5.82 Å². The summed E-state index contributed by atoms with van der Waals surface area (Å²) < 4.78 is 0. The van der Waals surface area contributed by atoms with Gasteiger partial charge < -0.3 is 5.32 Å². The van der Waals surface area contributed by atoms with Crippen molar-refractivity contribution < 1.29 is 0 Å². The molecule has 0 fully saturated rings. The fourth-order valence-electron chi connectivity index (χ4n) is 1.88. The molecule has 1 N–H and O–H groups in total. The van der Waals surface area contributed by atoms with E-state index < -0.39 is 0 Å². The number of benzene rings is 1. The Morgan fingerprint density at radius 1 is 1.14 bits per heavy atom. The topological polar surface area (TPSA) is 37.8 Å². The summed E-state index contributed by atoms with van der Waals surface area (Å²) in [7, 11) is 0. The lowest BCUT2D eigenvalue weighted by molar-refractivity contribution is 0.547. The smallest absolute Gasteiger partial charge is 0.138 e. The molecule has 0 saturated heterocycles. The van der Waals surface area contributed by atoms with Crippen LogP contribution in [0.25, 0.3) is 0 Å². The highest BCUT2D eigenvalue weighted by molar-refractivity contribution is 7.98. The van der Waals surface area contributed by atoms with Gasteiger partial charge in [-0.3, -0.25) is 0 Å². The molecule has 2 rings (SSSR count). The Bertz CT molecular complexity index is 552. The molecule has 0 amide bonds. The average molecular weight is 301 g/mol. The number of hydrogen-bond donors (Lipinski definition) is 1. The van der Waals surface area contributed by atoms with Crippen molar-refractivity contribution in [3.8, 4) is 0 Å². The van der Waals surface area contributed by atoms with Gasteiger partial charge in [0.25, 0.3) is 0 Å². The van der Waals surface area contributed by atoms with Gasteiger partial charge in [0.05, 0.1) is 11.4 Å². The minimum Gasteiger partial charge on any atom is -0.311 e. The molecule has 3 nitrogen and oxygen atoms in total. The molecule has 112 valence electrons. The third-order valence-electron chi connectivity index (χ3n) is 3.01. The molecule has 1 aromatic heterocycles. The van der Waals surface area contributed by atoms with Gasteiger partial charge in [0.2, 0.25) is 0 Å². The van der Waals surface area contributed by atoms with Gasteiger partial charge in [-0.2, -0.15) is 0 Å². The average Bonchev–Trinajstić information content (AvgIpc) is 2.47. The van der Waals surface area contributed by atoms with Crippen LogP contribution in [0.1, 0.15) is 30.9 Å². The van der Waals surface area contributed by atoms with E-state index >= 15 is 0 Å². The second kappa shape index (κ2) is 8.15. The highest BCUT2D eigenvalue weighted by atomic mass is 32.2. The molecule has 21 heavy (non-hydrogen) atoms. The third-order valence-corrected chi connectivity index (χ3v) is 4.02. The first-order chi connectivity index (χ1) is 10.1. The first kappa shape index (κ1) is 16.0. The predicted molar refractivity (Wildman–Crippen MR) is 89.3 cm³/mol. The molecular formula is C17H23N3S. The van der Waals surface area contributed by atoms with Gasteiger partial charge in [-0.05, 0) is 37.6 Å². The van der Waals surface area contributed by atoms with Crippen LogP contribution in [-0.2, 0) is 12.3 Å². The summed E-state index contributed by atoms with van der Waals surface area (Å²) in [5.41, 5.74) is 2.35. The third kappa shape index (κ3) is 5.86. The van der Waals surface area contributed by atoms with E-state index in [1.54, 1.807) is 11.8 Å². The molecule has 0 bridgehead atoms. The summed E-state index contributed by atoms with van der Waals surface area (Å²) in [6.07, 6.45) is 1.85. The molecule has 0 unspecified atom stereocenters. The summed E-state index contributed by atoms with van der Waals surface area (Å²) in [6.45, 7) is 8.33. The fraction of sp³-hybridized carbons (Fsp3) is 0.412. The van der Waals surface area contributed by atoms with Crippen LogP contribution in [-0.4, -0.2) is 16.5 Å². The van der Waals surface area contributed by atoms with Crippen LogP contribution in [0.3, 0.4) is 0 Å². The van der Waals surface area contributed by atoms with E-state index in [0.717, 1.165) is 30.4 Å². The standard InChI is InChI=1S/C17H23N3S/c1-13(2)10-18-11-15-8-9-19-17(20-15)12-21-16-6-4-14(3)5-7-16/h4-9,13,18H,10-12H2,1-3H3. The van der Waals surface area contributed by atoms with Gasteiger partial charge in [-0.15, -0.1) is 11.8 Å². The Morgan fingerprint density at radius 2 is 1.90 bits per heavy atom. The van der Waals surface area contributed by atoms with Crippen LogP contribution in [0, 0.1) is 12.8 Å². The van der Waals surface area contributed by atoms with Crippen molar-refractivity contribution in [2.75, 3.05) is 6.54 Å². The van der Waals surface area contributed by atoms with Crippen molar-refractivity contribution in [3.63, 3.8) is 0 Å². The minimum atomic E-state index is 0.656. The number of thioether (sulfide) groups is 1. The monoisotopic (exact) mass is 301 g/mol. The Kier molecular flexibility index (Phi) is 6.21. The normalized spacial score (nSPS) is 11.0. The number of nitrogens with zero attached hydrogens (tertiary/aromatic N) is 2. The maximum Gasteiger partial charge on any atom is 0.138 e. The maximum atomic E-state index is 4.61. The van der Waals surface area contributed by atoms with Crippen molar-refractivity contribution in [2.24, 2.45) is 5.92 Å². The van der Waals surface area contributed by atoms with Crippen LogP contribution in [0.5, 0.6) is 0 Å². The summed E-state index contributed by atoms with van der Waals surface area (Å²) in [5, 5.41) is 3.41. The molecule has 0 radical (unpaired) electrons. The Labute approximate surface area is 131 Å². The van der Waals surface area contributed by atoms with Gasteiger partial charge in [0, 0.05) is 17.6 Å². The van der Waals surface area contributed by atoms with E-state index in [-0.39, 0.29) is 0 Å². The predicted octanol–water partition coefficient (Wildman–Crippen LogP) is 3.82. The quantitative estimate of drug-likeness (QED) is 0.789. The number of rotatable bonds is 7. The van der Waals surface area contributed by atoms with Crippen molar-refractivity contribution in [1.82, 2.24) is 15.3 Å². The second-order valence-electron chi connectivity index (χ2n) is 5.59. The van der Waals surface area contributed by atoms with E-state index in [4.69, 9.17) is 0 Å². The highest BCUT2D eigenvalue weighted by Crippen LogP contribution is 2.21. The van der Waals surface area contributed by atoms with E-state index in [9.17, 15) is 0 Å². The number of nitrogens with one attached hydrogen (secondary N) is 1. The van der Waals surface area contributed by atoms with Crippen molar-refractivity contribution >= 4 is 11.8 Å². The summed E-state index contributed by atoms with van der Waals surface area (Å²) >= 11 is 1.77. The molecule has 1 heterocycles. The Hall–Kier alpha value is -1.39. The van der Waals surface area contributed by atoms with Crippen molar-refractivity contribution in [2.45, 2.75) is 38.0 Å². The zero-order chi connectivity index (χ0) is 15.1. The van der Waals surface area contributed by atoms with Crippen LogP contribution < -0.4 is 5.32 Å². The minimum absolute atomic E-state index is 0.656. The summed E-state index contributed by atoms with van der Waals surface area (Å²) in [4.78, 5) is 10.2. The zero-order valence-electron chi connectivity index (χ0n) is 13.0. The molecule has 0 spiro atoms. The molecule has 0 aliphatic heterocycles. The van der Waals surface area contributed by atoms with Crippen LogP contribution >= 0.6 is 11.8 Å². The van der Waals surface area contributed by atoms with E-state index in [2.05, 4.69) is 60.3 Å². The Balaban J connectivity index is 1.87. The summed E-state index contributed by atoms with van der Waals surface area (Å²) in [5.74, 6) is 2.36. The van der Waals surface area contributed by atoms with Crippen LogP contribution in [0.2, 0.25) is 0 Å². The molecular weight excluding hydrogens is 278 g/mol.